The second-order valence-electron chi connectivity index (χ2n) is 3.37. The predicted molar refractivity (Wildman–Crippen MR) is 81.0 cm³/mol. The molecule has 2 aromatic rings. The van der Waals surface area contributed by atoms with E-state index in [9.17, 15) is 0 Å². The van der Waals surface area contributed by atoms with Crippen molar-refractivity contribution in [3.8, 4) is 0 Å². The first-order valence-corrected chi connectivity index (χ1v) is 6.60. The normalized spacial score (nSPS) is 10.1. The number of anilines is 3. The van der Waals surface area contributed by atoms with Crippen LogP contribution in [-0.2, 0) is 0 Å². The molecule has 2 nitrogen and oxygen atoms in total. The number of halogens is 2. The Morgan fingerprint density at radius 3 is 2.62 bits per heavy atom. The van der Waals surface area contributed by atoms with E-state index in [0.29, 0.717) is 0 Å². The molecule has 0 unspecified atom stereocenters. The maximum Gasteiger partial charge on any atom is 0.0618 e. The van der Waals surface area contributed by atoms with Crippen LogP contribution in [0.15, 0.2) is 46.9 Å². The molecular weight excluding hydrogens is 379 g/mol. The van der Waals surface area contributed by atoms with Crippen molar-refractivity contribution >= 4 is 55.6 Å². The molecule has 2 aromatic carbocycles. The largest absolute Gasteiger partial charge is 0.397 e. The zero-order valence-electron chi connectivity index (χ0n) is 8.37. The van der Waals surface area contributed by atoms with Gasteiger partial charge in [-0.3, -0.25) is 0 Å². The summed E-state index contributed by atoms with van der Waals surface area (Å²) in [5, 5.41) is 3.28. The van der Waals surface area contributed by atoms with Gasteiger partial charge in [-0.1, -0.05) is 22.0 Å². The van der Waals surface area contributed by atoms with Gasteiger partial charge in [-0.05, 0) is 59.0 Å². The van der Waals surface area contributed by atoms with E-state index >= 15 is 0 Å². The van der Waals surface area contributed by atoms with Crippen LogP contribution < -0.4 is 11.1 Å². The summed E-state index contributed by atoms with van der Waals surface area (Å²) in [4.78, 5) is 0. The number of nitrogen functional groups attached to an aromatic ring is 1. The summed E-state index contributed by atoms with van der Waals surface area (Å²) in [6.07, 6.45) is 0. The van der Waals surface area contributed by atoms with Crippen LogP contribution in [0.25, 0.3) is 0 Å². The summed E-state index contributed by atoms with van der Waals surface area (Å²) in [5.41, 5.74) is 8.63. The van der Waals surface area contributed by atoms with E-state index in [2.05, 4.69) is 43.8 Å². The van der Waals surface area contributed by atoms with Gasteiger partial charge in [-0.15, -0.1) is 0 Å². The first kappa shape index (κ1) is 11.7. The lowest BCUT2D eigenvalue weighted by molar-refractivity contribution is 1.52. The van der Waals surface area contributed by atoms with Crippen molar-refractivity contribution in [2.24, 2.45) is 0 Å². The third kappa shape index (κ3) is 2.89. The van der Waals surface area contributed by atoms with E-state index in [1.165, 1.54) is 0 Å². The molecule has 0 atom stereocenters. The van der Waals surface area contributed by atoms with Gasteiger partial charge in [-0.2, -0.15) is 0 Å². The zero-order chi connectivity index (χ0) is 11.5. The summed E-state index contributed by atoms with van der Waals surface area (Å²) < 4.78 is 2.18. The van der Waals surface area contributed by atoms with Gasteiger partial charge in [0.05, 0.1) is 11.4 Å². The number of hydrogen-bond donors (Lipinski definition) is 2. The van der Waals surface area contributed by atoms with Crippen molar-refractivity contribution in [2.45, 2.75) is 0 Å². The van der Waals surface area contributed by atoms with E-state index in [-0.39, 0.29) is 0 Å². The second kappa shape index (κ2) is 5.05. The standard InChI is InChI=1S/C12H10BrIN2/c13-8-2-1-3-10(6-8)16-12-5-4-9(14)7-11(12)15/h1-7,16H,15H2. The topological polar surface area (TPSA) is 38.0 Å². The summed E-state index contributed by atoms with van der Waals surface area (Å²) in [7, 11) is 0. The first-order valence-electron chi connectivity index (χ1n) is 4.73. The number of rotatable bonds is 2. The van der Waals surface area contributed by atoms with Crippen molar-refractivity contribution in [1.29, 1.82) is 0 Å². The molecule has 0 saturated heterocycles. The highest BCUT2D eigenvalue weighted by Gasteiger charge is 2.00. The van der Waals surface area contributed by atoms with Crippen LogP contribution in [0.3, 0.4) is 0 Å². The van der Waals surface area contributed by atoms with Gasteiger partial charge < -0.3 is 11.1 Å². The molecule has 0 aliphatic rings. The minimum Gasteiger partial charge on any atom is -0.397 e. The first-order chi connectivity index (χ1) is 7.65. The number of hydrogen-bond acceptors (Lipinski definition) is 2. The Labute approximate surface area is 117 Å². The predicted octanol–water partition coefficient (Wildman–Crippen LogP) is 4.38. The highest BCUT2D eigenvalue weighted by molar-refractivity contribution is 14.1. The van der Waals surface area contributed by atoms with Gasteiger partial charge >= 0.3 is 0 Å². The molecule has 82 valence electrons. The average Bonchev–Trinajstić information content (AvgIpc) is 2.22. The SMILES string of the molecule is Nc1cc(I)ccc1Nc1cccc(Br)c1. The van der Waals surface area contributed by atoms with Crippen molar-refractivity contribution in [3.05, 3.63) is 50.5 Å². The number of benzene rings is 2. The van der Waals surface area contributed by atoms with Gasteiger partial charge in [-0.25, -0.2) is 0 Å². The van der Waals surface area contributed by atoms with E-state index in [1.807, 2.05) is 42.5 Å². The molecule has 0 aromatic heterocycles. The molecule has 4 heteroatoms. The Hall–Kier alpha value is -0.750. The minimum absolute atomic E-state index is 0.756. The maximum absolute atomic E-state index is 5.93. The lowest BCUT2D eigenvalue weighted by Gasteiger charge is -2.09. The zero-order valence-corrected chi connectivity index (χ0v) is 12.1. The van der Waals surface area contributed by atoms with E-state index in [4.69, 9.17) is 5.73 Å². The fraction of sp³-hybridized carbons (Fsp3) is 0. The van der Waals surface area contributed by atoms with Crippen LogP contribution >= 0.6 is 38.5 Å². The van der Waals surface area contributed by atoms with Crippen molar-refractivity contribution in [3.63, 3.8) is 0 Å². The van der Waals surface area contributed by atoms with Crippen molar-refractivity contribution < 1.29 is 0 Å². The molecule has 16 heavy (non-hydrogen) atoms. The molecule has 0 heterocycles. The minimum atomic E-state index is 0.756. The molecule has 0 amide bonds. The van der Waals surface area contributed by atoms with Gasteiger partial charge in [0, 0.05) is 13.7 Å². The van der Waals surface area contributed by atoms with Crippen LogP contribution in [-0.4, -0.2) is 0 Å². The van der Waals surface area contributed by atoms with Crippen LogP contribution in [0.1, 0.15) is 0 Å². The second-order valence-corrected chi connectivity index (χ2v) is 5.53. The summed E-state index contributed by atoms with van der Waals surface area (Å²) >= 11 is 5.68. The highest BCUT2D eigenvalue weighted by atomic mass is 127. The Bertz CT molecular complexity index is 514. The molecule has 0 radical (unpaired) electrons. The molecule has 0 spiro atoms. The third-order valence-electron chi connectivity index (χ3n) is 2.12. The van der Waals surface area contributed by atoms with E-state index in [0.717, 1.165) is 25.1 Å². The number of nitrogens with one attached hydrogen (secondary N) is 1. The Morgan fingerprint density at radius 1 is 1.12 bits per heavy atom. The van der Waals surface area contributed by atoms with Crippen LogP contribution in [0.4, 0.5) is 17.1 Å². The van der Waals surface area contributed by atoms with Gasteiger partial charge in [0.25, 0.3) is 0 Å². The van der Waals surface area contributed by atoms with Crippen LogP contribution in [0, 0.1) is 3.57 Å². The molecular formula is C12H10BrIN2. The smallest absolute Gasteiger partial charge is 0.0618 e. The Kier molecular flexibility index (Phi) is 3.70. The molecule has 0 fully saturated rings. The van der Waals surface area contributed by atoms with E-state index < -0.39 is 0 Å². The molecule has 0 bridgehead atoms. The monoisotopic (exact) mass is 388 g/mol. The Balaban J connectivity index is 2.27. The maximum atomic E-state index is 5.93. The van der Waals surface area contributed by atoms with Crippen LogP contribution in [0.5, 0.6) is 0 Å². The number of nitrogens with two attached hydrogens (primary N) is 1. The van der Waals surface area contributed by atoms with Gasteiger partial charge in [0.15, 0.2) is 0 Å². The average molecular weight is 389 g/mol. The fourth-order valence-corrected chi connectivity index (χ4v) is 2.28. The molecule has 0 aliphatic heterocycles. The van der Waals surface area contributed by atoms with E-state index in [1.54, 1.807) is 0 Å². The van der Waals surface area contributed by atoms with Crippen LogP contribution in [0.2, 0.25) is 0 Å². The Morgan fingerprint density at radius 2 is 1.94 bits per heavy atom. The van der Waals surface area contributed by atoms with Gasteiger partial charge in [0.2, 0.25) is 0 Å². The summed E-state index contributed by atoms with van der Waals surface area (Å²) in [6.45, 7) is 0. The summed E-state index contributed by atoms with van der Waals surface area (Å²) in [5.74, 6) is 0. The lowest BCUT2D eigenvalue weighted by Crippen LogP contribution is -1.96. The molecule has 0 aliphatic carbocycles. The molecule has 2 rings (SSSR count). The fourth-order valence-electron chi connectivity index (χ4n) is 1.37. The van der Waals surface area contributed by atoms with Crippen molar-refractivity contribution in [2.75, 3.05) is 11.1 Å². The quantitative estimate of drug-likeness (QED) is 0.591. The highest BCUT2D eigenvalue weighted by Crippen LogP contribution is 2.26. The third-order valence-corrected chi connectivity index (χ3v) is 3.28. The lowest BCUT2D eigenvalue weighted by atomic mass is 10.2. The van der Waals surface area contributed by atoms with Gasteiger partial charge in [0.1, 0.15) is 0 Å². The molecule has 0 saturated carbocycles. The molecule has 3 N–H and O–H groups in total. The van der Waals surface area contributed by atoms with Crippen molar-refractivity contribution in [1.82, 2.24) is 0 Å². The summed E-state index contributed by atoms with van der Waals surface area (Å²) in [6, 6.07) is 13.9.